The van der Waals surface area contributed by atoms with E-state index in [0.717, 1.165) is 51.9 Å². The summed E-state index contributed by atoms with van der Waals surface area (Å²) in [6.45, 7) is 6.89. The predicted molar refractivity (Wildman–Crippen MR) is 82.3 cm³/mol. The molecular formula is C16H35NO2. The van der Waals surface area contributed by atoms with Crippen molar-refractivity contribution < 1.29 is 9.47 Å². The van der Waals surface area contributed by atoms with Gasteiger partial charge in [0.1, 0.15) is 0 Å². The van der Waals surface area contributed by atoms with E-state index in [4.69, 9.17) is 15.2 Å². The molecule has 0 aliphatic rings. The highest BCUT2D eigenvalue weighted by atomic mass is 16.7. The Bertz CT molecular complexity index is 136. The largest absolute Gasteiger partial charge is 0.353 e. The lowest BCUT2D eigenvalue weighted by molar-refractivity contribution is -0.148. The monoisotopic (exact) mass is 273 g/mol. The normalized spacial score (nSPS) is 11.4. The Kier molecular flexibility index (Phi) is 15.8. The lowest BCUT2D eigenvalue weighted by Gasteiger charge is -2.18. The predicted octanol–water partition coefficient (Wildman–Crippen LogP) is 4.25. The quantitative estimate of drug-likeness (QED) is 0.358. The Morgan fingerprint density at radius 1 is 0.737 bits per heavy atom. The summed E-state index contributed by atoms with van der Waals surface area (Å²) in [6.07, 6.45) is 11.7. The zero-order chi connectivity index (χ0) is 14.2. The topological polar surface area (TPSA) is 44.5 Å². The number of unbranched alkanes of at least 4 members (excludes halogenated alkanes) is 6. The van der Waals surface area contributed by atoms with Gasteiger partial charge in [0.25, 0.3) is 0 Å². The SMILES string of the molecule is CCCCCOC(CCCCCN)OCCCCC. The molecule has 0 aliphatic carbocycles. The van der Waals surface area contributed by atoms with Gasteiger partial charge in [-0.1, -0.05) is 46.0 Å². The van der Waals surface area contributed by atoms with Crippen molar-refractivity contribution in [3.05, 3.63) is 0 Å². The Morgan fingerprint density at radius 3 is 1.79 bits per heavy atom. The van der Waals surface area contributed by atoms with Gasteiger partial charge in [-0.3, -0.25) is 0 Å². The van der Waals surface area contributed by atoms with Crippen molar-refractivity contribution in [3.63, 3.8) is 0 Å². The van der Waals surface area contributed by atoms with Crippen LogP contribution >= 0.6 is 0 Å². The van der Waals surface area contributed by atoms with Crippen molar-refractivity contribution in [2.24, 2.45) is 5.73 Å². The van der Waals surface area contributed by atoms with Crippen LogP contribution in [0.25, 0.3) is 0 Å². The third-order valence-corrected chi connectivity index (χ3v) is 3.25. The minimum absolute atomic E-state index is 0.00601. The molecule has 3 heteroatoms. The van der Waals surface area contributed by atoms with Gasteiger partial charge in [-0.15, -0.1) is 0 Å². The number of ether oxygens (including phenoxy) is 2. The van der Waals surface area contributed by atoms with Gasteiger partial charge in [0.2, 0.25) is 0 Å². The van der Waals surface area contributed by atoms with E-state index in [0.29, 0.717) is 0 Å². The Labute approximate surface area is 120 Å². The van der Waals surface area contributed by atoms with E-state index in [-0.39, 0.29) is 6.29 Å². The van der Waals surface area contributed by atoms with Crippen molar-refractivity contribution in [3.8, 4) is 0 Å². The molecule has 0 atom stereocenters. The van der Waals surface area contributed by atoms with Gasteiger partial charge in [-0.05, 0) is 38.6 Å². The summed E-state index contributed by atoms with van der Waals surface area (Å²) in [6, 6.07) is 0. The summed E-state index contributed by atoms with van der Waals surface area (Å²) in [5.74, 6) is 0. The molecule has 0 saturated heterocycles. The Balaban J connectivity index is 3.66. The molecule has 0 aliphatic heterocycles. The zero-order valence-electron chi connectivity index (χ0n) is 13.2. The third-order valence-electron chi connectivity index (χ3n) is 3.25. The molecular weight excluding hydrogens is 238 g/mol. The second-order valence-electron chi connectivity index (χ2n) is 5.22. The fraction of sp³-hybridized carbons (Fsp3) is 1.00. The number of hydrogen-bond donors (Lipinski definition) is 1. The maximum Gasteiger partial charge on any atom is 0.157 e. The molecule has 0 rings (SSSR count). The van der Waals surface area contributed by atoms with Crippen LogP contribution in [0.2, 0.25) is 0 Å². The minimum Gasteiger partial charge on any atom is -0.353 e. The molecule has 0 fully saturated rings. The Morgan fingerprint density at radius 2 is 1.32 bits per heavy atom. The second kappa shape index (κ2) is 15.9. The highest BCUT2D eigenvalue weighted by Crippen LogP contribution is 2.10. The van der Waals surface area contributed by atoms with Crippen LogP contribution in [0.5, 0.6) is 0 Å². The van der Waals surface area contributed by atoms with Crippen molar-refractivity contribution in [1.29, 1.82) is 0 Å². The van der Waals surface area contributed by atoms with Gasteiger partial charge in [-0.25, -0.2) is 0 Å². The molecule has 0 aromatic rings. The van der Waals surface area contributed by atoms with Crippen LogP contribution in [0.3, 0.4) is 0 Å². The summed E-state index contributed by atoms with van der Waals surface area (Å²) in [4.78, 5) is 0. The molecule has 2 N–H and O–H groups in total. The lowest BCUT2D eigenvalue weighted by Crippen LogP contribution is -2.19. The van der Waals surface area contributed by atoms with Gasteiger partial charge in [-0.2, -0.15) is 0 Å². The average Bonchev–Trinajstić information content (AvgIpc) is 2.43. The van der Waals surface area contributed by atoms with E-state index in [1.165, 1.54) is 32.1 Å². The summed E-state index contributed by atoms with van der Waals surface area (Å²) >= 11 is 0. The van der Waals surface area contributed by atoms with Crippen molar-refractivity contribution >= 4 is 0 Å². The number of hydrogen-bond acceptors (Lipinski definition) is 3. The molecule has 19 heavy (non-hydrogen) atoms. The summed E-state index contributed by atoms with van der Waals surface area (Å²) in [5, 5.41) is 0. The van der Waals surface area contributed by atoms with Gasteiger partial charge >= 0.3 is 0 Å². The van der Waals surface area contributed by atoms with Gasteiger partial charge in [0.15, 0.2) is 6.29 Å². The third kappa shape index (κ3) is 14.1. The van der Waals surface area contributed by atoms with E-state index in [9.17, 15) is 0 Å². The van der Waals surface area contributed by atoms with Gasteiger partial charge in [0.05, 0.1) is 0 Å². The number of rotatable bonds is 15. The maximum atomic E-state index is 5.85. The first-order chi connectivity index (χ1) is 9.35. The highest BCUT2D eigenvalue weighted by Gasteiger charge is 2.08. The fourth-order valence-electron chi connectivity index (χ4n) is 1.98. The first-order valence-corrected chi connectivity index (χ1v) is 8.28. The molecule has 0 saturated carbocycles. The smallest absolute Gasteiger partial charge is 0.157 e. The summed E-state index contributed by atoms with van der Waals surface area (Å²) < 4.78 is 11.7. The molecule has 0 aromatic heterocycles. The molecule has 3 nitrogen and oxygen atoms in total. The standard InChI is InChI=1S/C16H35NO2/c1-3-5-10-14-18-16(12-8-7-9-13-17)19-15-11-6-4-2/h16H,3-15,17H2,1-2H3. The molecule has 0 aromatic carbocycles. The molecule has 116 valence electrons. The molecule has 0 spiro atoms. The van der Waals surface area contributed by atoms with E-state index < -0.39 is 0 Å². The number of nitrogens with two attached hydrogens (primary N) is 1. The summed E-state index contributed by atoms with van der Waals surface area (Å²) in [5.41, 5.74) is 5.51. The van der Waals surface area contributed by atoms with E-state index in [1.54, 1.807) is 0 Å². The highest BCUT2D eigenvalue weighted by molar-refractivity contribution is 4.50. The minimum atomic E-state index is 0.00601. The van der Waals surface area contributed by atoms with Gasteiger partial charge in [0, 0.05) is 13.2 Å². The van der Waals surface area contributed by atoms with E-state index >= 15 is 0 Å². The fourth-order valence-corrected chi connectivity index (χ4v) is 1.98. The second-order valence-corrected chi connectivity index (χ2v) is 5.22. The van der Waals surface area contributed by atoms with E-state index in [2.05, 4.69) is 13.8 Å². The molecule has 0 unspecified atom stereocenters. The maximum absolute atomic E-state index is 5.85. The van der Waals surface area contributed by atoms with Crippen molar-refractivity contribution in [2.45, 2.75) is 84.3 Å². The molecule has 0 amide bonds. The van der Waals surface area contributed by atoms with Crippen LogP contribution in [0.4, 0.5) is 0 Å². The molecule has 0 heterocycles. The first-order valence-electron chi connectivity index (χ1n) is 8.28. The van der Waals surface area contributed by atoms with Crippen LogP contribution < -0.4 is 5.73 Å². The molecule has 0 bridgehead atoms. The van der Waals surface area contributed by atoms with Crippen LogP contribution in [-0.2, 0) is 9.47 Å². The van der Waals surface area contributed by atoms with Gasteiger partial charge < -0.3 is 15.2 Å². The molecule has 0 radical (unpaired) electrons. The van der Waals surface area contributed by atoms with Crippen LogP contribution in [0.1, 0.15) is 78.1 Å². The zero-order valence-corrected chi connectivity index (χ0v) is 13.2. The van der Waals surface area contributed by atoms with Crippen LogP contribution in [0.15, 0.2) is 0 Å². The van der Waals surface area contributed by atoms with Crippen LogP contribution in [0, 0.1) is 0 Å². The van der Waals surface area contributed by atoms with Crippen LogP contribution in [-0.4, -0.2) is 26.0 Å². The van der Waals surface area contributed by atoms with Crippen molar-refractivity contribution in [2.75, 3.05) is 19.8 Å². The average molecular weight is 273 g/mol. The summed E-state index contributed by atoms with van der Waals surface area (Å²) in [7, 11) is 0. The van der Waals surface area contributed by atoms with Crippen molar-refractivity contribution in [1.82, 2.24) is 0 Å². The van der Waals surface area contributed by atoms with E-state index in [1.807, 2.05) is 0 Å². The lowest BCUT2D eigenvalue weighted by atomic mass is 10.2. The Hall–Kier alpha value is -0.120. The first kappa shape index (κ1) is 18.9.